The molecule has 2 aliphatic rings. The highest BCUT2D eigenvalue weighted by atomic mass is 32.2. The molecule has 7 rings (SSSR count). The lowest BCUT2D eigenvalue weighted by Crippen LogP contribution is -2.83. The molecule has 0 saturated carbocycles. The van der Waals surface area contributed by atoms with Crippen LogP contribution in [0.25, 0.3) is 0 Å². The fourth-order valence-corrected chi connectivity index (χ4v) is 8.43. The number of carbonyl (C=O) groups is 4. The van der Waals surface area contributed by atoms with Crippen molar-refractivity contribution in [3.63, 3.8) is 0 Å². The quantitative estimate of drug-likeness (QED) is 0.0478. The van der Waals surface area contributed by atoms with E-state index in [-0.39, 0.29) is 27.7 Å². The van der Waals surface area contributed by atoms with E-state index in [2.05, 4.69) is 20.8 Å². The number of thiocarbonyl (C=S) groups is 1. The highest BCUT2D eigenvalue weighted by molar-refractivity contribution is 8.00. The fourth-order valence-electron chi connectivity index (χ4n) is 6.65. The Kier molecular flexibility index (Phi) is 9.70. The Morgan fingerprint density at radius 1 is 0.943 bits per heavy atom. The smallest absolute Gasteiger partial charge is 0.356 e. The first kappa shape index (κ1) is 35.4. The van der Waals surface area contributed by atoms with Crippen molar-refractivity contribution < 1.29 is 28.7 Å². The Morgan fingerprint density at radius 2 is 1.47 bits per heavy atom. The van der Waals surface area contributed by atoms with Gasteiger partial charge in [0, 0.05) is 11.3 Å². The van der Waals surface area contributed by atoms with Crippen molar-refractivity contribution in [1.82, 2.24) is 30.4 Å². The van der Waals surface area contributed by atoms with Crippen molar-refractivity contribution in [2.75, 3.05) is 12.9 Å². The van der Waals surface area contributed by atoms with Gasteiger partial charge in [-0.3, -0.25) is 20.2 Å². The molecule has 15 heteroatoms. The summed E-state index contributed by atoms with van der Waals surface area (Å²) < 4.78 is 13.0. The van der Waals surface area contributed by atoms with E-state index in [9.17, 15) is 19.2 Å². The predicted octanol–water partition coefficient (Wildman–Crippen LogP) is 3.26. The summed E-state index contributed by atoms with van der Waals surface area (Å²) >= 11 is 7.28. The molecule has 4 aromatic carbocycles. The van der Waals surface area contributed by atoms with Crippen LogP contribution in [-0.2, 0) is 34.2 Å². The average Bonchev–Trinajstić information content (AvgIpc) is 3.71. The van der Waals surface area contributed by atoms with Crippen molar-refractivity contribution in [3.8, 4) is 0 Å². The molecule has 0 bridgehead atoms. The molecular formula is C38H31N7O6S2. The first-order chi connectivity index (χ1) is 25.8. The summed E-state index contributed by atoms with van der Waals surface area (Å²) in [5, 5.41) is 14.1. The third-order valence-electron chi connectivity index (χ3n) is 9.16. The topological polar surface area (TPSA) is 172 Å². The number of nitrogens with two attached hydrogens (primary N) is 1. The van der Waals surface area contributed by atoms with Gasteiger partial charge in [-0.25, -0.2) is 9.59 Å². The molecule has 2 amide bonds. The third-order valence-corrected chi connectivity index (χ3v) is 10.9. The van der Waals surface area contributed by atoms with Crippen LogP contribution < -0.4 is 11.1 Å². The molecule has 0 aliphatic carbocycles. The number of thioether (sulfide) groups is 1. The number of esters is 2. The number of amides is 2. The minimum atomic E-state index is -1.79. The van der Waals surface area contributed by atoms with Crippen molar-refractivity contribution in [3.05, 3.63) is 161 Å². The van der Waals surface area contributed by atoms with Crippen LogP contribution in [0.4, 0.5) is 0 Å². The van der Waals surface area contributed by atoms with E-state index >= 15 is 0 Å². The van der Waals surface area contributed by atoms with Crippen molar-refractivity contribution >= 4 is 53.1 Å². The van der Waals surface area contributed by atoms with Crippen LogP contribution in [-0.4, -0.2) is 78.1 Å². The van der Waals surface area contributed by atoms with Crippen molar-refractivity contribution in [1.29, 1.82) is 0 Å². The van der Waals surface area contributed by atoms with Crippen LogP contribution in [0.2, 0.25) is 0 Å². The Bertz CT molecular complexity index is 2140. The van der Waals surface area contributed by atoms with Crippen molar-refractivity contribution in [2.45, 2.75) is 22.7 Å². The standard InChI is InChI=1S/C38H31N7O6S2/c1-50-36(49)37(26-18-10-4-11-19-26,27-20-12-5-13-21-27)45-32(41-42-43-45)31(52)28-22-53-35-38(39,40-23-46)34(48)44(35)29(28)33(47)51-30(24-14-6-2-7-15-24)25-16-8-3-9-17-25/h2-21,23,30,35H,22,39H2,1H3,(H,40,46)/t35-,38-/m0/s1. The zero-order valence-electron chi connectivity index (χ0n) is 28.1. The molecule has 0 spiro atoms. The van der Waals surface area contributed by atoms with E-state index in [4.69, 9.17) is 27.4 Å². The van der Waals surface area contributed by atoms with Gasteiger partial charge < -0.3 is 14.8 Å². The number of β-lactam (4-membered cyclic amide) rings is 1. The van der Waals surface area contributed by atoms with Crippen molar-refractivity contribution in [2.24, 2.45) is 5.73 Å². The minimum Gasteiger partial charge on any atom is -0.467 e. The van der Waals surface area contributed by atoms with E-state index in [1.165, 1.54) is 28.5 Å². The van der Waals surface area contributed by atoms with Crippen LogP contribution >= 0.6 is 24.0 Å². The number of hydrogen-bond acceptors (Lipinski definition) is 12. The maximum absolute atomic E-state index is 14.6. The highest BCUT2D eigenvalue weighted by Crippen LogP contribution is 2.46. The summed E-state index contributed by atoms with van der Waals surface area (Å²) in [6.45, 7) is 0. The highest BCUT2D eigenvalue weighted by Gasteiger charge is 2.63. The molecule has 53 heavy (non-hydrogen) atoms. The Labute approximate surface area is 313 Å². The first-order valence-electron chi connectivity index (χ1n) is 16.3. The van der Waals surface area contributed by atoms with Gasteiger partial charge in [-0.1, -0.05) is 134 Å². The molecule has 3 N–H and O–H groups in total. The van der Waals surface area contributed by atoms with Gasteiger partial charge >= 0.3 is 11.9 Å². The normalized spacial score (nSPS) is 18.1. The summed E-state index contributed by atoms with van der Waals surface area (Å²) in [5.74, 6) is -2.36. The van der Waals surface area contributed by atoms with Gasteiger partial charge in [-0.2, -0.15) is 4.68 Å². The molecule has 266 valence electrons. The second-order valence-electron chi connectivity index (χ2n) is 12.1. The van der Waals surface area contributed by atoms with Gasteiger partial charge in [0.1, 0.15) is 11.1 Å². The molecule has 2 atom stereocenters. The summed E-state index contributed by atoms with van der Waals surface area (Å²) in [6, 6.07) is 36.0. The summed E-state index contributed by atoms with van der Waals surface area (Å²) in [4.78, 5) is 55.2. The zero-order valence-corrected chi connectivity index (χ0v) is 29.7. The Morgan fingerprint density at radius 3 is 1.98 bits per heavy atom. The molecule has 2 aliphatic heterocycles. The molecule has 13 nitrogen and oxygen atoms in total. The van der Waals surface area contributed by atoms with Crippen LogP contribution in [0.15, 0.2) is 133 Å². The number of tetrazole rings is 1. The van der Waals surface area contributed by atoms with Gasteiger partial charge in [-0.15, -0.1) is 16.9 Å². The summed E-state index contributed by atoms with van der Waals surface area (Å²) in [7, 11) is 1.26. The van der Waals surface area contributed by atoms with E-state index in [0.29, 0.717) is 28.7 Å². The third kappa shape index (κ3) is 5.88. The molecule has 5 aromatic rings. The maximum atomic E-state index is 14.6. The number of nitrogens with zero attached hydrogens (tertiary/aromatic N) is 5. The van der Waals surface area contributed by atoms with Gasteiger partial charge in [0.15, 0.2) is 11.9 Å². The zero-order chi connectivity index (χ0) is 37.2. The lowest BCUT2D eigenvalue weighted by atomic mass is 9.82. The second kappa shape index (κ2) is 14.5. The monoisotopic (exact) mass is 745 g/mol. The number of carbonyl (C=O) groups excluding carboxylic acids is 4. The number of fused-ring (bicyclic) bond motifs is 1. The number of nitrogens with one attached hydrogen (secondary N) is 1. The number of ether oxygens (including phenoxy) is 2. The van der Waals surface area contributed by atoms with E-state index in [1.807, 2.05) is 60.7 Å². The largest absolute Gasteiger partial charge is 0.467 e. The number of benzene rings is 4. The lowest BCUT2D eigenvalue weighted by molar-refractivity contribution is -0.160. The number of methoxy groups -OCH3 is 1. The van der Waals surface area contributed by atoms with Gasteiger partial charge in [0.25, 0.3) is 5.91 Å². The molecule has 3 heterocycles. The molecule has 1 aromatic heterocycles. The molecule has 1 fully saturated rings. The Hall–Kier alpha value is -6.03. The molecule has 1 saturated heterocycles. The van der Waals surface area contributed by atoms with Gasteiger partial charge in [-0.05, 0) is 32.7 Å². The molecule has 0 unspecified atom stereocenters. The summed E-state index contributed by atoms with van der Waals surface area (Å²) in [5.41, 5.74) is 5.13. The van der Waals surface area contributed by atoms with Crippen LogP contribution in [0, 0.1) is 0 Å². The molecular weight excluding hydrogens is 715 g/mol. The number of rotatable bonds is 12. The Balaban J connectivity index is 1.40. The SMILES string of the molecule is COC(=O)C(c1ccccc1)(c1ccccc1)n1nnnc1C(=S)C1=C(C(=O)OC(c2ccccc2)c2ccccc2)N2C(=O)[C@](N)(NC=O)[C@@H]2SC1. The van der Waals surface area contributed by atoms with E-state index < -0.39 is 40.5 Å². The number of hydrogen-bond donors (Lipinski definition) is 2. The van der Waals surface area contributed by atoms with Crippen LogP contribution in [0.5, 0.6) is 0 Å². The van der Waals surface area contributed by atoms with E-state index in [1.54, 1.807) is 60.7 Å². The fraction of sp³-hybridized carbons (Fsp3) is 0.158. The minimum absolute atomic E-state index is 0.0327. The van der Waals surface area contributed by atoms with E-state index in [0.717, 1.165) is 0 Å². The van der Waals surface area contributed by atoms with Gasteiger partial charge in [0.2, 0.25) is 17.6 Å². The van der Waals surface area contributed by atoms with Gasteiger partial charge in [0.05, 0.1) is 12.0 Å². The lowest BCUT2D eigenvalue weighted by Gasteiger charge is -2.55. The summed E-state index contributed by atoms with van der Waals surface area (Å²) in [6.07, 6.45) is -0.535. The average molecular weight is 746 g/mol. The second-order valence-corrected chi connectivity index (χ2v) is 13.6. The molecule has 0 radical (unpaired) electrons. The van der Waals surface area contributed by atoms with Crippen LogP contribution in [0.3, 0.4) is 0 Å². The first-order valence-corrected chi connectivity index (χ1v) is 17.8. The van der Waals surface area contributed by atoms with Crippen LogP contribution in [0.1, 0.15) is 34.2 Å². The predicted molar refractivity (Wildman–Crippen MR) is 198 cm³/mol. The number of aromatic nitrogens is 4. The maximum Gasteiger partial charge on any atom is 0.356 e.